The van der Waals surface area contributed by atoms with E-state index in [1.165, 1.54) is 5.56 Å². The monoisotopic (exact) mass is 305 g/mol. The van der Waals surface area contributed by atoms with E-state index in [1.807, 2.05) is 43.9 Å². The molecular weight excluding hydrogens is 282 g/mol. The van der Waals surface area contributed by atoms with Gasteiger partial charge < -0.3 is 4.90 Å². The Balaban J connectivity index is 1.97. The molecule has 1 amide bonds. The maximum Gasteiger partial charge on any atom is 0.232 e. The van der Waals surface area contributed by atoms with Gasteiger partial charge in [-0.3, -0.25) is 4.79 Å². The summed E-state index contributed by atoms with van der Waals surface area (Å²) in [4.78, 5) is 14.7. The van der Waals surface area contributed by atoms with E-state index in [0.29, 0.717) is 0 Å². The van der Waals surface area contributed by atoms with Crippen molar-refractivity contribution in [2.45, 2.75) is 27.2 Å². The van der Waals surface area contributed by atoms with Crippen molar-refractivity contribution in [3.05, 3.63) is 65.2 Å². The Morgan fingerprint density at radius 1 is 1.00 bits per heavy atom. The lowest BCUT2D eigenvalue weighted by molar-refractivity contribution is -0.125. The fraction of sp³-hybridized carbons (Fsp3) is 0.286. The number of para-hydroxylation sites is 1. The number of carbonyl (C=O) groups is 1. The molecule has 1 heterocycles. The highest BCUT2D eigenvalue weighted by molar-refractivity contribution is 6.01. The summed E-state index contributed by atoms with van der Waals surface area (Å²) in [6.07, 6.45) is 5.15. The molecule has 1 aliphatic rings. The normalized spacial score (nSPS) is 14.3. The summed E-state index contributed by atoms with van der Waals surface area (Å²) in [5.74, 6) is 0.191. The summed E-state index contributed by atoms with van der Waals surface area (Å²) in [6, 6.07) is 16.5. The minimum atomic E-state index is -0.363. The lowest BCUT2D eigenvalue weighted by Gasteiger charge is -2.27. The predicted octanol–water partition coefficient (Wildman–Crippen LogP) is 4.79. The molecule has 0 saturated carbocycles. The van der Waals surface area contributed by atoms with Crippen LogP contribution in [0.15, 0.2) is 48.5 Å². The summed E-state index contributed by atoms with van der Waals surface area (Å²) in [6.45, 7) is 6.73. The lowest BCUT2D eigenvalue weighted by Crippen LogP contribution is -2.38. The average Bonchev–Trinajstić information content (AvgIpc) is 2.96. The SMILES string of the molecule is CC(C)(C)C(=O)N1CCc2cccc(/C=C/c3ccccc3)c21. The number of hydrogen-bond acceptors (Lipinski definition) is 1. The topological polar surface area (TPSA) is 20.3 Å². The van der Waals surface area contributed by atoms with Gasteiger partial charge in [-0.25, -0.2) is 0 Å². The van der Waals surface area contributed by atoms with E-state index < -0.39 is 0 Å². The van der Waals surface area contributed by atoms with Crippen LogP contribution in [0.2, 0.25) is 0 Å². The second-order valence-corrected chi connectivity index (χ2v) is 7.06. The molecule has 0 radical (unpaired) electrons. The van der Waals surface area contributed by atoms with Gasteiger partial charge in [0.15, 0.2) is 0 Å². The molecule has 3 rings (SSSR count). The molecule has 0 N–H and O–H groups in total. The smallest absolute Gasteiger partial charge is 0.232 e. The Morgan fingerprint density at radius 2 is 1.74 bits per heavy atom. The molecular formula is C21H23NO. The zero-order valence-corrected chi connectivity index (χ0v) is 14.0. The van der Waals surface area contributed by atoms with Crippen molar-refractivity contribution in [2.75, 3.05) is 11.4 Å². The van der Waals surface area contributed by atoms with E-state index in [-0.39, 0.29) is 11.3 Å². The summed E-state index contributed by atoms with van der Waals surface area (Å²) in [5.41, 5.74) is 4.26. The molecule has 23 heavy (non-hydrogen) atoms. The molecule has 2 nitrogen and oxygen atoms in total. The molecule has 0 spiro atoms. The van der Waals surface area contributed by atoms with Crippen LogP contribution in [0.1, 0.15) is 37.5 Å². The number of nitrogens with zero attached hydrogens (tertiary/aromatic N) is 1. The first-order chi connectivity index (χ1) is 11.0. The van der Waals surface area contributed by atoms with Crippen LogP contribution in [0.3, 0.4) is 0 Å². The van der Waals surface area contributed by atoms with E-state index in [0.717, 1.165) is 29.8 Å². The lowest BCUT2D eigenvalue weighted by atomic mass is 9.94. The zero-order chi connectivity index (χ0) is 16.4. The maximum absolute atomic E-state index is 12.8. The quantitative estimate of drug-likeness (QED) is 0.730. The van der Waals surface area contributed by atoms with Gasteiger partial charge in [-0.15, -0.1) is 0 Å². The first-order valence-electron chi connectivity index (χ1n) is 8.14. The van der Waals surface area contributed by atoms with Crippen molar-refractivity contribution >= 4 is 23.7 Å². The molecule has 0 aromatic heterocycles. The number of anilines is 1. The second-order valence-electron chi connectivity index (χ2n) is 7.06. The molecule has 0 saturated heterocycles. The third-order valence-electron chi connectivity index (χ3n) is 4.17. The number of benzene rings is 2. The van der Waals surface area contributed by atoms with Crippen molar-refractivity contribution in [1.82, 2.24) is 0 Å². The molecule has 0 aliphatic carbocycles. The number of carbonyl (C=O) groups excluding carboxylic acids is 1. The zero-order valence-electron chi connectivity index (χ0n) is 14.0. The molecule has 2 aromatic rings. The van der Waals surface area contributed by atoms with Gasteiger partial charge in [0, 0.05) is 12.0 Å². The Morgan fingerprint density at radius 3 is 2.43 bits per heavy atom. The van der Waals surface area contributed by atoms with Gasteiger partial charge in [0.2, 0.25) is 5.91 Å². The first-order valence-corrected chi connectivity index (χ1v) is 8.14. The van der Waals surface area contributed by atoms with E-state index in [2.05, 4.69) is 42.5 Å². The van der Waals surface area contributed by atoms with Crippen LogP contribution in [0, 0.1) is 5.41 Å². The van der Waals surface area contributed by atoms with E-state index in [1.54, 1.807) is 0 Å². The maximum atomic E-state index is 12.8. The number of fused-ring (bicyclic) bond motifs is 1. The molecule has 2 heteroatoms. The minimum Gasteiger partial charge on any atom is -0.311 e. The van der Waals surface area contributed by atoms with Crippen LogP contribution in [0.4, 0.5) is 5.69 Å². The minimum absolute atomic E-state index is 0.191. The van der Waals surface area contributed by atoms with E-state index in [4.69, 9.17) is 0 Å². The van der Waals surface area contributed by atoms with Gasteiger partial charge in [0.1, 0.15) is 0 Å². The van der Waals surface area contributed by atoms with Gasteiger partial charge in [-0.2, -0.15) is 0 Å². The van der Waals surface area contributed by atoms with Crippen LogP contribution >= 0.6 is 0 Å². The van der Waals surface area contributed by atoms with Crippen LogP contribution in [-0.4, -0.2) is 12.5 Å². The van der Waals surface area contributed by atoms with Crippen LogP contribution in [-0.2, 0) is 11.2 Å². The Kier molecular flexibility index (Phi) is 4.08. The van der Waals surface area contributed by atoms with Crippen LogP contribution in [0.5, 0.6) is 0 Å². The molecule has 2 aromatic carbocycles. The van der Waals surface area contributed by atoms with Gasteiger partial charge >= 0.3 is 0 Å². The van der Waals surface area contributed by atoms with E-state index >= 15 is 0 Å². The highest BCUT2D eigenvalue weighted by atomic mass is 16.2. The fourth-order valence-electron chi connectivity index (χ4n) is 2.98. The third kappa shape index (κ3) is 3.21. The Labute approximate surface area is 138 Å². The predicted molar refractivity (Wildman–Crippen MR) is 97.3 cm³/mol. The number of amides is 1. The van der Waals surface area contributed by atoms with Crippen LogP contribution in [0.25, 0.3) is 12.2 Å². The summed E-state index contributed by atoms with van der Waals surface area (Å²) in [5, 5.41) is 0. The van der Waals surface area contributed by atoms with Crippen molar-refractivity contribution in [2.24, 2.45) is 5.41 Å². The van der Waals surface area contributed by atoms with Gasteiger partial charge in [0.25, 0.3) is 0 Å². The standard InChI is InChI=1S/C21H23NO/c1-21(2,3)20(23)22-15-14-18-11-7-10-17(19(18)22)13-12-16-8-5-4-6-9-16/h4-13H,14-15H2,1-3H3/b13-12+. The largest absolute Gasteiger partial charge is 0.311 e. The van der Waals surface area contributed by atoms with Crippen molar-refractivity contribution < 1.29 is 4.79 Å². The summed E-state index contributed by atoms with van der Waals surface area (Å²) in [7, 11) is 0. The highest BCUT2D eigenvalue weighted by Gasteiger charge is 2.33. The van der Waals surface area contributed by atoms with Gasteiger partial charge in [-0.1, -0.05) is 81.5 Å². The van der Waals surface area contributed by atoms with Crippen molar-refractivity contribution in [1.29, 1.82) is 0 Å². The van der Waals surface area contributed by atoms with Crippen LogP contribution < -0.4 is 4.90 Å². The Hall–Kier alpha value is -2.35. The fourth-order valence-corrected chi connectivity index (χ4v) is 2.98. The molecule has 0 bridgehead atoms. The first kappa shape index (κ1) is 15.5. The second kappa shape index (κ2) is 6.04. The number of rotatable bonds is 2. The van der Waals surface area contributed by atoms with E-state index in [9.17, 15) is 4.79 Å². The summed E-state index contributed by atoms with van der Waals surface area (Å²) >= 11 is 0. The molecule has 118 valence electrons. The van der Waals surface area contributed by atoms with Gasteiger partial charge in [-0.05, 0) is 23.1 Å². The Bertz CT molecular complexity index is 738. The van der Waals surface area contributed by atoms with Crippen molar-refractivity contribution in [3.8, 4) is 0 Å². The summed E-state index contributed by atoms with van der Waals surface area (Å²) < 4.78 is 0. The number of hydrogen-bond donors (Lipinski definition) is 0. The molecule has 0 unspecified atom stereocenters. The molecule has 0 atom stereocenters. The highest BCUT2D eigenvalue weighted by Crippen LogP contribution is 2.35. The molecule has 1 aliphatic heterocycles. The molecule has 0 fully saturated rings. The van der Waals surface area contributed by atoms with Crippen molar-refractivity contribution in [3.63, 3.8) is 0 Å². The van der Waals surface area contributed by atoms with Gasteiger partial charge in [0.05, 0.1) is 5.69 Å². The average molecular weight is 305 g/mol. The third-order valence-corrected chi connectivity index (χ3v) is 4.17.